The predicted octanol–water partition coefficient (Wildman–Crippen LogP) is 0.633. The minimum atomic E-state index is 0.106. The molecule has 0 aromatic heterocycles. The normalized spacial score (nSPS) is 66.0. The Balaban J connectivity index is 2.07. The van der Waals surface area contributed by atoms with Crippen molar-refractivity contribution in [3.05, 3.63) is 0 Å². The highest BCUT2D eigenvalue weighted by Crippen LogP contribution is 2.58. The smallest absolute Gasteiger partial charge is 0.0602 e. The Morgan fingerprint density at radius 1 is 1.43 bits per heavy atom. The van der Waals surface area contributed by atoms with Crippen molar-refractivity contribution < 1.29 is 5.11 Å². The fourth-order valence-corrected chi connectivity index (χ4v) is 1.74. The van der Waals surface area contributed by atoms with Gasteiger partial charge in [0.1, 0.15) is 0 Å². The maximum Gasteiger partial charge on any atom is 0.0602 e. The van der Waals surface area contributed by atoms with Gasteiger partial charge >= 0.3 is 0 Å². The van der Waals surface area contributed by atoms with E-state index in [9.17, 15) is 0 Å². The minimum absolute atomic E-state index is 0.106. The van der Waals surface area contributed by atoms with Crippen molar-refractivity contribution in [2.24, 2.45) is 17.8 Å². The molecule has 1 heteroatoms. The van der Waals surface area contributed by atoms with Crippen molar-refractivity contribution in [1.82, 2.24) is 0 Å². The van der Waals surface area contributed by atoms with E-state index in [4.69, 9.17) is 5.11 Å². The van der Waals surface area contributed by atoms with Crippen molar-refractivity contribution in [3.63, 3.8) is 0 Å². The van der Waals surface area contributed by atoms with Gasteiger partial charge < -0.3 is 5.11 Å². The van der Waals surface area contributed by atoms with Gasteiger partial charge in [0.2, 0.25) is 0 Å². The lowest BCUT2D eigenvalue weighted by atomic mass is 9.46. The Morgan fingerprint density at radius 2 is 2.00 bits per heavy atom. The molecule has 0 saturated heterocycles. The van der Waals surface area contributed by atoms with Gasteiger partial charge in [-0.05, 0) is 24.2 Å². The number of hydrogen-bond acceptors (Lipinski definition) is 1. The quantitative estimate of drug-likeness (QED) is 0.471. The average molecular weight is 98.1 g/mol. The van der Waals surface area contributed by atoms with E-state index >= 15 is 0 Å². The van der Waals surface area contributed by atoms with E-state index in [1.165, 1.54) is 6.42 Å². The number of aliphatic hydroxyl groups is 1. The molecule has 40 valence electrons. The highest BCUT2D eigenvalue weighted by Gasteiger charge is 2.57. The Hall–Kier alpha value is -0.0400. The third-order valence-electron chi connectivity index (χ3n) is 2.77. The first-order valence-electron chi connectivity index (χ1n) is 2.99. The summed E-state index contributed by atoms with van der Waals surface area (Å²) in [4.78, 5) is 0. The van der Waals surface area contributed by atoms with E-state index in [2.05, 4.69) is 6.92 Å². The van der Waals surface area contributed by atoms with Crippen LogP contribution in [0, 0.1) is 17.8 Å². The third kappa shape index (κ3) is 0.235. The van der Waals surface area contributed by atoms with E-state index in [0.29, 0.717) is 11.8 Å². The second kappa shape index (κ2) is 0.873. The second-order valence-electron chi connectivity index (χ2n) is 2.91. The fourth-order valence-electron chi connectivity index (χ4n) is 1.74. The van der Waals surface area contributed by atoms with E-state index in [0.717, 1.165) is 5.92 Å². The van der Waals surface area contributed by atoms with E-state index < -0.39 is 0 Å². The Morgan fingerprint density at radius 3 is 2.00 bits per heavy atom. The molecule has 0 spiro atoms. The summed E-state index contributed by atoms with van der Waals surface area (Å²) in [7, 11) is 0. The van der Waals surface area contributed by atoms with Crippen molar-refractivity contribution in [1.29, 1.82) is 0 Å². The third-order valence-corrected chi connectivity index (χ3v) is 2.77. The number of hydrogen-bond donors (Lipinski definition) is 1. The highest BCUT2D eigenvalue weighted by atomic mass is 16.3. The van der Waals surface area contributed by atoms with Crippen LogP contribution >= 0.6 is 0 Å². The molecule has 2 atom stereocenters. The lowest BCUT2D eigenvalue weighted by Gasteiger charge is -2.61. The van der Waals surface area contributed by atoms with Crippen LogP contribution in [0.25, 0.3) is 0 Å². The molecule has 1 N–H and O–H groups in total. The molecule has 1 nitrogen and oxygen atoms in total. The van der Waals surface area contributed by atoms with Crippen LogP contribution in [-0.2, 0) is 0 Å². The number of aliphatic hydroxyl groups excluding tert-OH is 1. The zero-order chi connectivity index (χ0) is 5.02. The van der Waals surface area contributed by atoms with Gasteiger partial charge in [0.05, 0.1) is 6.10 Å². The summed E-state index contributed by atoms with van der Waals surface area (Å²) in [6, 6.07) is 0. The van der Waals surface area contributed by atoms with Gasteiger partial charge in [-0.25, -0.2) is 0 Å². The summed E-state index contributed by atoms with van der Waals surface area (Å²) in [6.07, 6.45) is 1.41. The Bertz CT molecular complexity index is 80.4. The molecule has 3 aliphatic rings. The summed E-state index contributed by atoms with van der Waals surface area (Å²) in [5, 5.41) is 8.94. The monoisotopic (exact) mass is 98.1 g/mol. The number of rotatable bonds is 0. The largest absolute Gasteiger partial charge is 0.393 e. The first-order chi connectivity index (χ1) is 3.30. The molecule has 0 heterocycles. The van der Waals surface area contributed by atoms with Gasteiger partial charge in [-0.15, -0.1) is 0 Å². The lowest BCUT2D eigenvalue weighted by molar-refractivity contribution is -0.204. The van der Waals surface area contributed by atoms with Crippen LogP contribution in [0.15, 0.2) is 0 Å². The summed E-state index contributed by atoms with van der Waals surface area (Å²) in [5.74, 6) is 2.25. The molecule has 0 radical (unpaired) electrons. The van der Waals surface area contributed by atoms with Crippen LogP contribution in [-0.4, -0.2) is 11.2 Å². The molecule has 2 unspecified atom stereocenters. The molecular weight excluding hydrogens is 88.1 g/mol. The highest BCUT2D eigenvalue weighted by molar-refractivity contribution is 5.06. The van der Waals surface area contributed by atoms with Gasteiger partial charge in [-0.2, -0.15) is 0 Å². The standard InChI is InChI=1S/C6H10O/c1-3-4-2-5(3)6(4)7/h3-7H,2H2,1H3. The molecule has 3 aliphatic carbocycles. The zero-order valence-electron chi connectivity index (χ0n) is 4.46. The molecule has 0 aromatic rings. The molecule has 3 saturated carbocycles. The summed E-state index contributed by atoms with van der Waals surface area (Å²) in [5.41, 5.74) is 0. The first-order valence-corrected chi connectivity index (χ1v) is 2.99. The van der Waals surface area contributed by atoms with Crippen LogP contribution in [0.4, 0.5) is 0 Å². The lowest BCUT2D eigenvalue weighted by Crippen LogP contribution is -2.62. The fraction of sp³-hybridized carbons (Fsp3) is 1.00. The molecule has 0 aliphatic heterocycles. The van der Waals surface area contributed by atoms with E-state index in [1.807, 2.05) is 0 Å². The topological polar surface area (TPSA) is 20.2 Å². The SMILES string of the molecule is CC1C2CC1C2O. The van der Waals surface area contributed by atoms with Gasteiger partial charge in [0.25, 0.3) is 0 Å². The summed E-state index contributed by atoms with van der Waals surface area (Å²) in [6.45, 7) is 2.23. The zero-order valence-corrected chi connectivity index (χ0v) is 4.46. The minimum Gasteiger partial charge on any atom is -0.393 e. The maximum atomic E-state index is 8.94. The predicted molar refractivity (Wildman–Crippen MR) is 26.8 cm³/mol. The van der Waals surface area contributed by atoms with Gasteiger partial charge in [0, 0.05) is 0 Å². The Labute approximate surface area is 43.3 Å². The molecule has 2 bridgehead atoms. The van der Waals surface area contributed by atoms with Crippen molar-refractivity contribution in [2.45, 2.75) is 19.4 Å². The van der Waals surface area contributed by atoms with Crippen LogP contribution in [0.5, 0.6) is 0 Å². The van der Waals surface area contributed by atoms with E-state index in [-0.39, 0.29) is 6.10 Å². The van der Waals surface area contributed by atoms with E-state index in [1.54, 1.807) is 0 Å². The van der Waals surface area contributed by atoms with Gasteiger partial charge in [0.15, 0.2) is 0 Å². The second-order valence-corrected chi connectivity index (χ2v) is 2.91. The maximum absolute atomic E-state index is 8.94. The van der Waals surface area contributed by atoms with Crippen LogP contribution < -0.4 is 0 Å². The molecule has 7 heavy (non-hydrogen) atoms. The van der Waals surface area contributed by atoms with Crippen LogP contribution in [0.1, 0.15) is 13.3 Å². The average Bonchev–Trinajstić information content (AvgIpc) is 1.60. The van der Waals surface area contributed by atoms with Crippen molar-refractivity contribution in [3.8, 4) is 0 Å². The molecule has 3 fully saturated rings. The van der Waals surface area contributed by atoms with Gasteiger partial charge in [-0.1, -0.05) is 6.92 Å². The van der Waals surface area contributed by atoms with Crippen LogP contribution in [0.2, 0.25) is 0 Å². The Kier molecular flexibility index (Phi) is 0.487. The van der Waals surface area contributed by atoms with Crippen LogP contribution in [0.3, 0.4) is 0 Å². The molecule has 0 aromatic carbocycles. The van der Waals surface area contributed by atoms with Gasteiger partial charge in [-0.3, -0.25) is 0 Å². The van der Waals surface area contributed by atoms with Crippen molar-refractivity contribution >= 4 is 0 Å². The van der Waals surface area contributed by atoms with Crippen molar-refractivity contribution in [2.75, 3.05) is 0 Å². The summed E-state index contributed by atoms with van der Waals surface area (Å²) >= 11 is 0. The first kappa shape index (κ1) is 3.90. The summed E-state index contributed by atoms with van der Waals surface area (Å²) < 4.78 is 0. The molecule has 0 amide bonds. The molecular formula is C6H10O. The molecule has 3 rings (SSSR count).